The standard InChI is InChI=1S/C18H31N7O5/c19-11(4-1-7-22-18(20)21)16(28)25-9-2-5-12(25)15(27)23-10-14(26)24-8-3-6-13(24)17(29)30/h11-13H,1-10,19H2,(H,23,27)(H,29,30)(H4,20,21,22). The Morgan fingerprint density at radius 2 is 1.70 bits per heavy atom. The summed E-state index contributed by atoms with van der Waals surface area (Å²) in [4.78, 5) is 55.3. The molecule has 8 N–H and O–H groups in total. The summed E-state index contributed by atoms with van der Waals surface area (Å²) in [5.74, 6) is -2.28. The second kappa shape index (κ2) is 10.8. The number of likely N-dealkylation sites (tertiary alicyclic amines) is 2. The Bertz CT molecular complexity index is 694. The zero-order valence-corrected chi connectivity index (χ0v) is 17.0. The summed E-state index contributed by atoms with van der Waals surface area (Å²) in [6.45, 7) is 0.836. The number of aliphatic carboxylic acids is 1. The number of guanidine groups is 1. The molecule has 12 heteroatoms. The molecule has 12 nitrogen and oxygen atoms in total. The molecule has 2 fully saturated rings. The molecule has 2 aliphatic rings. The molecule has 3 atom stereocenters. The number of nitrogens with zero attached hydrogens (tertiary/aromatic N) is 3. The molecule has 2 aliphatic heterocycles. The Hall–Kier alpha value is -2.89. The molecule has 0 bridgehead atoms. The molecular formula is C18H31N7O5. The average molecular weight is 425 g/mol. The minimum atomic E-state index is -1.05. The van der Waals surface area contributed by atoms with Gasteiger partial charge in [0.25, 0.3) is 0 Å². The van der Waals surface area contributed by atoms with Crippen LogP contribution in [0.1, 0.15) is 38.5 Å². The number of nitrogens with two attached hydrogens (primary N) is 3. The van der Waals surface area contributed by atoms with Crippen molar-refractivity contribution in [3.8, 4) is 0 Å². The van der Waals surface area contributed by atoms with Crippen LogP contribution < -0.4 is 22.5 Å². The summed E-state index contributed by atoms with van der Waals surface area (Å²) >= 11 is 0. The third kappa shape index (κ3) is 6.05. The Balaban J connectivity index is 1.84. The minimum absolute atomic E-state index is 0.0238. The third-order valence-corrected chi connectivity index (χ3v) is 5.40. The van der Waals surface area contributed by atoms with Gasteiger partial charge >= 0.3 is 5.97 Å². The van der Waals surface area contributed by atoms with Crippen LogP contribution in [0.3, 0.4) is 0 Å². The zero-order valence-electron chi connectivity index (χ0n) is 17.0. The van der Waals surface area contributed by atoms with Gasteiger partial charge in [-0.1, -0.05) is 0 Å². The second-order valence-corrected chi connectivity index (χ2v) is 7.55. The monoisotopic (exact) mass is 425 g/mol. The second-order valence-electron chi connectivity index (χ2n) is 7.55. The van der Waals surface area contributed by atoms with Gasteiger partial charge in [-0.15, -0.1) is 0 Å². The van der Waals surface area contributed by atoms with Crippen molar-refractivity contribution in [2.24, 2.45) is 22.2 Å². The van der Waals surface area contributed by atoms with E-state index in [1.165, 1.54) is 9.80 Å². The lowest BCUT2D eigenvalue weighted by Crippen LogP contribution is -2.53. The van der Waals surface area contributed by atoms with Gasteiger partial charge in [0.05, 0.1) is 12.6 Å². The van der Waals surface area contributed by atoms with Gasteiger partial charge in [-0.3, -0.25) is 19.4 Å². The van der Waals surface area contributed by atoms with Gasteiger partial charge in [0.15, 0.2) is 5.96 Å². The molecule has 2 heterocycles. The summed E-state index contributed by atoms with van der Waals surface area (Å²) in [7, 11) is 0. The summed E-state index contributed by atoms with van der Waals surface area (Å²) in [6.07, 6.45) is 3.07. The first-order valence-corrected chi connectivity index (χ1v) is 10.1. The molecule has 0 aromatic carbocycles. The Kier molecular flexibility index (Phi) is 8.39. The van der Waals surface area contributed by atoms with E-state index in [9.17, 15) is 24.3 Å². The van der Waals surface area contributed by atoms with Crippen LogP contribution in [-0.4, -0.2) is 88.9 Å². The Labute approximate surface area is 174 Å². The Morgan fingerprint density at radius 1 is 1.07 bits per heavy atom. The van der Waals surface area contributed by atoms with E-state index in [-0.39, 0.29) is 18.4 Å². The van der Waals surface area contributed by atoms with Crippen molar-refractivity contribution in [1.29, 1.82) is 0 Å². The molecule has 2 rings (SSSR count). The molecule has 3 amide bonds. The Morgan fingerprint density at radius 3 is 2.33 bits per heavy atom. The van der Waals surface area contributed by atoms with E-state index in [0.29, 0.717) is 58.2 Å². The maximum Gasteiger partial charge on any atom is 0.326 e. The summed E-state index contributed by atoms with van der Waals surface area (Å²) < 4.78 is 0. The fraction of sp³-hybridized carbons (Fsp3) is 0.722. The van der Waals surface area contributed by atoms with Crippen LogP contribution in [0.4, 0.5) is 0 Å². The molecule has 0 saturated carbocycles. The van der Waals surface area contributed by atoms with Gasteiger partial charge < -0.3 is 37.4 Å². The summed E-state index contributed by atoms with van der Waals surface area (Å²) in [5.41, 5.74) is 16.5. The number of hydrogen-bond donors (Lipinski definition) is 5. The van der Waals surface area contributed by atoms with E-state index >= 15 is 0 Å². The molecule has 2 saturated heterocycles. The van der Waals surface area contributed by atoms with Crippen LogP contribution in [0, 0.1) is 0 Å². The highest BCUT2D eigenvalue weighted by atomic mass is 16.4. The first-order chi connectivity index (χ1) is 14.2. The highest BCUT2D eigenvalue weighted by molar-refractivity contribution is 5.93. The normalized spacial score (nSPS) is 21.9. The number of aliphatic imine (C=N–C) groups is 1. The fourth-order valence-electron chi connectivity index (χ4n) is 3.86. The van der Waals surface area contributed by atoms with Crippen molar-refractivity contribution in [2.45, 2.75) is 56.7 Å². The van der Waals surface area contributed by atoms with E-state index in [0.717, 1.165) is 0 Å². The predicted molar refractivity (Wildman–Crippen MR) is 108 cm³/mol. The van der Waals surface area contributed by atoms with Crippen molar-refractivity contribution in [3.63, 3.8) is 0 Å². The van der Waals surface area contributed by atoms with E-state index in [1.54, 1.807) is 0 Å². The number of hydrogen-bond acceptors (Lipinski definition) is 6. The first-order valence-electron chi connectivity index (χ1n) is 10.1. The highest BCUT2D eigenvalue weighted by Gasteiger charge is 2.37. The lowest BCUT2D eigenvalue weighted by atomic mass is 10.1. The molecule has 0 aliphatic carbocycles. The van der Waals surface area contributed by atoms with Crippen molar-refractivity contribution in [3.05, 3.63) is 0 Å². The zero-order chi connectivity index (χ0) is 22.3. The molecule has 0 aromatic rings. The quantitative estimate of drug-likeness (QED) is 0.152. The number of carbonyl (C=O) groups excluding carboxylic acids is 3. The fourth-order valence-corrected chi connectivity index (χ4v) is 3.86. The largest absolute Gasteiger partial charge is 0.480 e. The van der Waals surface area contributed by atoms with Gasteiger partial charge in [-0.05, 0) is 38.5 Å². The van der Waals surface area contributed by atoms with E-state index in [2.05, 4.69) is 10.3 Å². The van der Waals surface area contributed by atoms with Gasteiger partial charge in [0.1, 0.15) is 12.1 Å². The predicted octanol–water partition coefficient (Wildman–Crippen LogP) is -2.45. The maximum absolute atomic E-state index is 12.6. The maximum atomic E-state index is 12.6. The van der Waals surface area contributed by atoms with Crippen LogP contribution in [0.15, 0.2) is 4.99 Å². The van der Waals surface area contributed by atoms with Gasteiger partial charge in [0, 0.05) is 19.6 Å². The molecule has 30 heavy (non-hydrogen) atoms. The smallest absolute Gasteiger partial charge is 0.326 e. The number of carbonyl (C=O) groups is 4. The third-order valence-electron chi connectivity index (χ3n) is 5.40. The molecule has 0 spiro atoms. The van der Waals surface area contributed by atoms with Crippen LogP contribution in [0.25, 0.3) is 0 Å². The number of carboxylic acid groups (broad SMARTS) is 1. The van der Waals surface area contributed by atoms with Crippen LogP contribution >= 0.6 is 0 Å². The lowest BCUT2D eigenvalue weighted by molar-refractivity contribution is -0.148. The highest BCUT2D eigenvalue weighted by Crippen LogP contribution is 2.20. The number of rotatable bonds is 9. The average Bonchev–Trinajstić information content (AvgIpc) is 3.37. The van der Waals surface area contributed by atoms with Crippen LogP contribution in [-0.2, 0) is 19.2 Å². The van der Waals surface area contributed by atoms with Crippen molar-refractivity contribution < 1.29 is 24.3 Å². The molecule has 3 unspecified atom stereocenters. The van der Waals surface area contributed by atoms with Crippen molar-refractivity contribution in [1.82, 2.24) is 15.1 Å². The van der Waals surface area contributed by atoms with E-state index < -0.39 is 35.9 Å². The van der Waals surface area contributed by atoms with Crippen LogP contribution in [0.5, 0.6) is 0 Å². The van der Waals surface area contributed by atoms with Crippen molar-refractivity contribution in [2.75, 3.05) is 26.2 Å². The molecule has 0 radical (unpaired) electrons. The summed E-state index contributed by atoms with van der Waals surface area (Å²) in [6, 6.07) is -2.31. The molecular weight excluding hydrogens is 394 g/mol. The molecule has 168 valence electrons. The van der Waals surface area contributed by atoms with Crippen LogP contribution in [0.2, 0.25) is 0 Å². The summed E-state index contributed by atoms with van der Waals surface area (Å²) in [5, 5.41) is 11.7. The van der Waals surface area contributed by atoms with E-state index in [4.69, 9.17) is 17.2 Å². The lowest BCUT2D eigenvalue weighted by Gasteiger charge is -2.27. The van der Waals surface area contributed by atoms with E-state index in [1.807, 2.05) is 0 Å². The molecule has 0 aromatic heterocycles. The van der Waals surface area contributed by atoms with Gasteiger partial charge in [-0.25, -0.2) is 4.79 Å². The van der Waals surface area contributed by atoms with Gasteiger partial charge in [-0.2, -0.15) is 0 Å². The minimum Gasteiger partial charge on any atom is -0.480 e. The van der Waals surface area contributed by atoms with Crippen molar-refractivity contribution >= 4 is 29.7 Å². The SMILES string of the molecule is NC(N)=NCCCC(N)C(=O)N1CCCC1C(=O)NCC(=O)N1CCCC1C(=O)O. The van der Waals surface area contributed by atoms with Gasteiger partial charge in [0.2, 0.25) is 17.7 Å². The number of nitrogens with one attached hydrogen (secondary N) is 1. The first kappa shape index (κ1) is 23.4. The number of carboxylic acids is 1. The number of amides is 3. The topological polar surface area (TPSA) is 197 Å².